The van der Waals surface area contributed by atoms with Crippen molar-refractivity contribution in [3.05, 3.63) is 23.3 Å². The van der Waals surface area contributed by atoms with Crippen molar-refractivity contribution >= 4 is 29.4 Å². The quantitative estimate of drug-likeness (QED) is 0.165. The molecule has 0 radical (unpaired) electrons. The van der Waals surface area contributed by atoms with Gasteiger partial charge in [-0.05, 0) is 95.5 Å². The van der Waals surface area contributed by atoms with E-state index in [-0.39, 0.29) is 49.5 Å². The van der Waals surface area contributed by atoms with Gasteiger partial charge in [0.05, 0.1) is 30.5 Å². The molecule has 60 heavy (non-hydrogen) atoms. The highest BCUT2D eigenvalue weighted by Crippen LogP contribution is 2.39. The van der Waals surface area contributed by atoms with Crippen LogP contribution in [0.4, 0.5) is 0 Å². The fourth-order valence-corrected chi connectivity index (χ4v) is 9.74. The van der Waals surface area contributed by atoms with E-state index in [1.165, 1.54) is 19.1 Å². The molecule has 4 rings (SSSR count). The Morgan fingerprint density at radius 3 is 2.23 bits per heavy atom. The minimum absolute atomic E-state index is 0.0173. The van der Waals surface area contributed by atoms with Crippen LogP contribution in [0.25, 0.3) is 0 Å². The number of aliphatic hydroxyl groups excluding tert-OH is 1. The minimum atomic E-state index is -2.52. The molecule has 1 aliphatic carbocycles. The van der Waals surface area contributed by atoms with Gasteiger partial charge in [-0.2, -0.15) is 0 Å². The highest BCUT2D eigenvalue weighted by Gasteiger charge is 2.56. The first-order chi connectivity index (χ1) is 28.4. The highest BCUT2D eigenvalue weighted by atomic mass is 16.7. The fourth-order valence-electron chi connectivity index (χ4n) is 9.74. The number of aliphatic carboxylic acids is 1. The summed E-state index contributed by atoms with van der Waals surface area (Å²) in [4.78, 5) is 69.1. The maximum Gasteiger partial charge on any atom is 0.329 e. The minimum Gasteiger partial charge on any atom is -0.480 e. The van der Waals surface area contributed by atoms with Crippen molar-refractivity contribution < 1.29 is 67.7 Å². The summed E-state index contributed by atoms with van der Waals surface area (Å²) < 4.78 is 35.5. The van der Waals surface area contributed by atoms with Crippen molar-refractivity contribution in [2.75, 3.05) is 34.5 Å². The molecule has 1 amide bonds. The Morgan fingerprint density at radius 1 is 0.933 bits per heavy atom. The van der Waals surface area contributed by atoms with E-state index in [1.54, 1.807) is 27.9 Å². The van der Waals surface area contributed by atoms with Gasteiger partial charge in [0.25, 0.3) is 11.7 Å². The molecule has 0 aromatic rings. The zero-order valence-electron chi connectivity index (χ0n) is 37.1. The lowest BCUT2D eigenvalue weighted by atomic mass is 9.81. The maximum atomic E-state index is 14.4. The highest BCUT2D eigenvalue weighted by molar-refractivity contribution is 6.39. The Hall–Kier alpha value is -3.05. The molecular weight excluding hydrogens is 778 g/mol. The van der Waals surface area contributed by atoms with Gasteiger partial charge >= 0.3 is 11.9 Å². The van der Waals surface area contributed by atoms with Crippen LogP contribution in [0.5, 0.6) is 0 Å². The molecule has 0 aromatic carbocycles. The predicted molar refractivity (Wildman–Crippen MR) is 219 cm³/mol. The summed E-state index contributed by atoms with van der Waals surface area (Å²) in [6.07, 6.45) is 3.38. The van der Waals surface area contributed by atoms with Gasteiger partial charge in [-0.1, -0.05) is 45.4 Å². The average Bonchev–Trinajstić information content (AvgIpc) is 3.22. The molecule has 3 aliphatic heterocycles. The van der Waals surface area contributed by atoms with E-state index < -0.39 is 96.4 Å². The number of carboxylic acids is 1. The predicted octanol–water partition coefficient (Wildman–Crippen LogP) is 4.58. The van der Waals surface area contributed by atoms with E-state index in [4.69, 9.17) is 33.5 Å². The fraction of sp³-hybridized carbons (Fsp3) is 0.800. The first-order valence-corrected chi connectivity index (χ1v) is 21.8. The number of esters is 1. The second kappa shape index (κ2) is 22.3. The van der Waals surface area contributed by atoms with E-state index in [9.17, 15) is 34.2 Å². The zero-order chi connectivity index (χ0) is 44.5. The van der Waals surface area contributed by atoms with Gasteiger partial charge in [0.2, 0.25) is 5.79 Å². The number of carbonyl (C=O) groups is 5. The average molecular weight is 850 g/mol. The van der Waals surface area contributed by atoms with Crippen molar-refractivity contribution in [1.82, 2.24) is 4.90 Å². The van der Waals surface area contributed by atoms with Crippen LogP contribution < -0.4 is 0 Å². The van der Waals surface area contributed by atoms with Crippen LogP contribution in [0.3, 0.4) is 0 Å². The number of carboxylic acid groups (broad SMARTS) is 1. The SMILES string of the molecule is CC[C@@H]1/C=C(\C)C[C@H](C)CC(OC)[C@H]2O[C@@](O)(C(=O)C(=O)N3CCCC[C@H]3C(=O)O[C@H](/C(C)=C/[C@@H]3CC[C@@H](OCC(=O)O)[C@H](OC)C3)[C@H](C)[C@@H](O)CC1=O)[C@H](C)C[C@@H]2OC. The summed E-state index contributed by atoms with van der Waals surface area (Å²) in [5, 5.41) is 32.9. The van der Waals surface area contributed by atoms with Crippen LogP contribution in [-0.2, 0) is 52.4 Å². The summed E-state index contributed by atoms with van der Waals surface area (Å²) in [6.45, 7) is 10.7. The molecule has 0 aromatic heterocycles. The number of piperidine rings is 1. The van der Waals surface area contributed by atoms with E-state index in [0.29, 0.717) is 56.9 Å². The summed E-state index contributed by atoms with van der Waals surface area (Å²) in [7, 11) is 4.59. The second-order valence-electron chi connectivity index (χ2n) is 17.8. The third-order valence-corrected chi connectivity index (χ3v) is 13.3. The number of fused-ring (bicyclic) bond motifs is 3. The number of aliphatic hydroxyl groups is 2. The number of ether oxygens (including phenoxy) is 6. The number of allylic oxidation sites excluding steroid dienone is 3. The molecule has 4 aliphatic rings. The maximum absolute atomic E-state index is 14.4. The van der Waals surface area contributed by atoms with Crippen molar-refractivity contribution in [2.45, 2.75) is 167 Å². The third-order valence-electron chi connectivity index (χ3n) is 13.3. The van der Waals surface area contributed by atoms with E-state index >= 15 is 0 Å². The molecule has 1 unspecified atom stereocenters. The molecule has 14 atom stereocenters. The summed E-state index contributed by atoms with van der Waals surface area (Å²) in [5.74, 6) is -8.87. The van der Waals surface area contributed by atoms with Gasteiger partial charge in [0, 0.05) is 52.0 Å². The van der Waals surface area contributed by atoms with E-state index in [2.05, 4.69) is 0 Å². The first kappa shape index (κ1) is 49.6. The number of Topliss-reactive ketones (excluding diaryl/α,β-unsaturated/α-hetero) is 2. The van der Waals surface area contributed by atoms with Crippen molar-refractivity contribution in [3.63, 3.8) is 0 Å². The molecule has 15 nitrogen and oxygen atoms in total. The van der Waals surface area contributed by atoms with Crippen molar-refractivity contribution in [3.8, 4) is 0 Å². The normalized spacial score (nSPS) is 39.5. The first-order valence-electron chi connectivity index (χ1n) is 21.8. The number of nitrogens with zero attached hydrogens (tertiary/aromatic N) is 1. The molecule has 340 valence electrons. The van der Waals surface area contributed by atoms with Crippen LogP contribution in [0, 0.1) is 29.6 Å². The number of methoxy groups -OCH3 is 3. The van der Waals surface area contributed by atoms with Gasteiger partial charge in [0.1, 0.15) is 30.6 Å². The smallest absolute Gasteiger partial charge is 0.329 e. The lowest BCUT2D eigenvalue weighted by Crippen LogP contribution is -2.64. The van der Waals surface area contributed by atoms with Gasteiger partial charge < -0.3 is 48.6 Å². The molecule has 3 N–H and O–H groups in total. The summed E-state index contributed by atoms with van der Waals surface area (Å²) in [6, 6.07) is -1.17. The Balaban J connectivity index is 1.74. The van der Waals surface area contributed by atoms with Gasteiger partial charge in [-0.3, -0.25) is 14.4 Å². The van der Waals surface area contributed by atoms with Crippen LogP contribution in [0.15, 0.2) is 23.3 Å². The van der Waals surface area contributed by atoms with Crippen LogP contribution >= 0.6 is 0 Å². The number of ketones is 2. The van der Waals surface area contributed by atoms with Gasteiger partial charge in [-0.15, -0.1) is 0 Å². The Kier molecular flexibility index (Phi) is 18.5. The Morgan fingerprint density at radius 2 is 1.60 bits per heavy atom. The van der Waals surface area contributed by atoms with Crippen molar-refractivity contribution in [2.24, 2.45) is 29.6 Å². The number of hydrogen-bond acceptors (Lipinski definition) is 13. The second-order valence-corrected chi connectivity index (χ2v) is 17.8. The zero-order valence-corrected chi connectivity index (χ0v) is 37.1. The molecule has 0 spiro atoms. The molecule has 3 heterocycles. The summed E-state index contributed by atoms with van der Waals surface area (Å²) >= 11 is 0. The number of carbonyl (C=O) groups excluding carboxylic acids is 4. The van der Waals surface area contributed by atoms with E-state index in [0.717, 1.165) is 5.57 Å². The molecule has 2 saturated heterocycles. The monoisotopic (exact) mass is 849 g/mol. The number of rotatable bonds is 9. The van der Waals surface area contributed by atoms with Gasteiger partial charge in [-0.25, -0.2) is 9.59 Å². The third kappa shape index (κ3) is 12.1. The molecule has 2 bridgehead atoms. The topological polar surface area (TPSA) is 205 Å². The van der Waals surface area contributed by atoms with Crippen molar-refractivity contribution in [1.29, 1.82) is 0 Å². The van der Waals surface area contributed by atoms with Crippen LogP contribution in [0.1, 0.15) is 112 Å². The number of hydrogen-bond donors (Lipinski definition) is 3. The summed E-state index contributed by atoms with van der Waals surface area (Å²) in [5.41, 5.74) is 1.60. The van der Waals surface area contributed by atoms with Crippen LogP contribution in [-0.4, -0.2) is 139 Å². The van der Waals surface area contributed by atoms with E-state index in [1.807, 2.05) is 32.9 Å². The lowest BCUT2D eigenvalue weighted by molar-refractivity contribution is -0.302. The molecular formula is C45H71NO14. The number of cyclic esters (lactones) is 1. The largest absolute Gasteiger partial charge is 0.480 e. The lowest BCUT2D eigenvalue weighted by Gasteiger charge is -2.47. The molecule has 3 fully saturated rings. The van der Waals surface area contributed by atoms with Crippen LogP contribution in [0.2, 0.25) is 0 Å². The van der Waals surface area contributed by atoms with Gasteiger partial charge in [0.15, 0.2) is 0 Å². The molecule has 15 heteroatoms. The molecule has 1 saturated carbocycles. The number of amides is 1. The Bertz CT molecular complexity index is 1560. The standard InChI is InChI=1S/C45H71NO14/c1-10-31-18-25(2)17-26(3)19-37(56-8)41-38(57-9)21-28(5)45(54,60-41)42(51)43(52)46-16-12-11-13-32(46)44(53)59-40(29(6)33(47)23-34(31)48)27(4)20-30-14-15-35(36(22-30)55-7)58-24-39(49)50/h18,20,26,28-33,35-38,40-41,47,54H,10-17,19,21-24H2,1-9H3,(H,49,50)/b25-18+,27-20+/t26-,28+,29+,30-,31+,32-,33-,35+,36+,37?,38-,40+,41+,45+/m0/s1. The Labute approximate surface area is 355 Å².